The maximum atomic E-state index is 12.7. The number of hydrogen-bond acceptors (Lipinski definition) is 4. The summed E-state index contributed by atoms with van der Waals surface area (Å²) in [6.45, 7) is 6.50. The van der Waals surface area contributed by atoms with Gasteiger partial charge in [0.25, 0.3) is 0 Å². The lowest BCUT2D eigenvalue weighted by Crippen LogP contribution is -2.44. The van der Waals surface area contributed by atoms with E-state index < -0.39 is 11.7 Å². The Morgan fingerprint density at radius 1 is 1.07 bits per heavy atom. The Kier molecular flexibility index (Phi) is 6.42. The van der Waals surface area contributed by atoms with Crippen molar-refractivity contribution in [2.75, 3.05) is 36.4 Å². The minimum absolute atomic E-state index is 0.0741. The Balaban J connectivity index is 1.58. The molecule has 3 rings (SSSR count). The Bertz CT molecular complexity index is 821. The number of halogens is 3. The molecule has 0 bridgehead atoms. The third-order valence-electron chi connectivity index (χ3n) is 5.18. The van der Waals surface area contributed by atoms with E-state index in [-0.39, 0.29) is 11.9 Å². The van der Waals surface area contributed by atoms with Crippen LogP contribution < -0.4 is 10.2 Å². The van der Waals surface area contributed by atoms with Crippen molar-refractivity contribution in [2.24, 2.45) is 0 Å². The topological polar surface area (TPSA) is 48.5 Å². The van der Waals surface area contributed by atoms with Crippen LogP contribution in [0.15, 0.2) is 42.6 Å². The molecule has 5 nitrogen and oxygen atoms in total. The molecule has 0 unspecified atom stereocenters. The van der Waals surface area contributed by atoms with Crippen LogP contribution in [-0.4, -0.2) is 48.0 Å². The van der Waals surface area contributed by atoms with E-state index in [9.17, 15) is 18.0 Å². The molecular weight excluding hydrogens is 381 g/mol. The van der Waals surface area contributed by atoms with Crippen molar-refractivity contribution in [3.05, 3.63) is 53.7 Å². The Morgan fingerprint density at radius 2 is 1.79 bits per heavy atom. The van der Waals surface area contributed by atoms with Gasteiger partial charge in [-0.05, 0) is 44.5 Å². The monoisotopic (exact) mass is 406 g/mol. The number of nitrogens with one attached hydrogen (secondary N) is 1. The standard InChI is InChI=1S/C21H25F3N4O/c1-15-4-7-18(8-5-15)26-20(29)16(2)27-10-3-11-28(13-12-27)19-9-6-17(14-25-19)21(22,23)24/h4-9,14,16H,3,10-13H2,1-2H3,(H,26,29)/t16-/m0/s1. The smallest absolute Gasteiger partial charge is 0.355 e. The molecule has 1 N–H and O–H groups in total. The van der Waals surface area contributed by atoms with E-state index in [1.54, 1.807) is 0 Å². The van der Waals surface area contributed by atoms with Gasteiger partial charge < -0.3 is 10.2 Å². The highest BCUT2D eigenvalue weighted by molar-refractivity contribution is 5.94. The molecule has 8 heteroatoms. The number of hydrogen-bond donors (Lipinski definition) is 1. The number of benzene rings is 1. The first kappa shape index (κ1) is 21.1. The van der Waals surface area contributed by atoms with Crippen molar-refractivity contribution in [3.63, 3.8) is 0 Å². The predicted molar refractivity (Wildman–Crippen MR) is 107 cm³/mol. The van der Waals surface area contributed by atoms with Gasteiger partial charge in [0.2, 0.25) is 5.91 Å². The molecule has 29 heavy (non-hydrogen) atoms. The third kappa shape index (κ3) is 5.47. The van der Waals surface area contributed by atoms with Gasteiger partial charge in [-0.15, -0.1) is 0 Å². The van der Waals surface area contributed by atoms with Gasteiger partial charge >= 0.3 is 6.18 Å². The molecule has 1 aliphatic heterocycles. The van der Waals surface area contributed by atoms with Gasteiger partial charge in [-0.2, -0.15) is 13.2 Å². The van der Waals surface area contributed by atoms with E-state index in [0.717, 1.165) is 36.5 Å². The molecule has 1 fully saturated rings. The highest BCUT2D eigenvalue weighted by Crippen LogP contribution is 2.29. The van der Waals surface area contributed by atoms with E-state index in [1.807, 2.05) is 43.0 Å². The second kappa shape index (κ2) is 8.82. The molecule has 1 aromatic carbocycles. The Morgan fingerprint density at radius 3 is 2.41 bits per heavy atom. The quantitative estimate of drug-likeness (QED) is 0.835. The molecule has 2 heterocycles. The molecule has 0 aliphatic carbocycles. The Labute approximate surface area is 168 Å². The molecule has 0 spiro atoms. The number of alkyl halides is 3. The lowest BCUT2D eigenvalue weighted by Gasteiger charge is -2.27. The van der Waals surface area contributed by atoms with Crippen LogP contribution in [0, 0.1) is 6.92 Å². The predicted octanol–water partition coefficient (Wildman–Crippen LogP) is 3.95. The van der Waals surface area contributed by atoms with Gasteiger partial charge in [0.1, 0.15) is 5.82 Å². The first-order valence-electron chi connectivity index (χ1n) is 9.64. The minimum Gasteiger partial charge on any atom is -0.355 e. The van der Waals surface area contributed by atoms with Gasteiger partial charge in [0, 0.05) is 38.1 Å². The van der Waals surface area contributed by atoms with Gasteiger partial charge in [0.05, 0.1) is 11.6 Å². The van der Waals surface area contributed by atoms with Crippen molar-refractivity contribution >= 4 is 17.4 Å². The highest BCUT2D eigenvalue weighted by Gasteiger charge is 2.31. The first-order valence-corrected chi connectivity index (χ1v) is 9.64. The summed E-state index contributed by atoms with van der Waals surface area (Å²) in [5, 5.41) is 2.94. The van der Waals surface area contributed by atoms with Crippen LogP contribution >= 0.6 is 0 Å². The lowest BCUT2D eigenvalue weighted by molar-refractivity contribution is -0.137. The van der Waals surface area contributed by atoms with Crippen LogP contribution in [-0.2, 0) is 11.0 Å². The molecule has 1 aromatic heterocycles. The average molecular weight is 406 g/mol. The van der Waals surface area contributed by atoms with Gasteiger partial charge in [-0.25, -0.2) is 4.98 Å². The molecular formula is C21H25F3N4O. The molecule has 1 atom stereocenters. The molecule has 0 saturated carbocycles. The number of nitrogens with zero attached hydrogens (tertiary/aromatic N) is 3. The number of carbonyl (C=O) groups is 1. The maximum Gasteiger partial charge on any atom is 0.417 e. The van der Waals surface area contributed by atoms with E-state index in [0.29, 0.717) is 25.5 Å². The molecule has 0 radical (unpaired) electrons. The summed E-state index contributed by atoms with van der Waals surface area (Å²) >= 11 is 0. The zero-order valence-corrected chi connectivity index (χ0v) is 16.5. The van der Waals surface area contributed by atoms with Crippen LogP contribution in [0.3, 0.4) is 0 Å². The van der Waals surface area contributed by atoms with Crippen LogP contribution in [0.4, 0.5) is 24.7 Å². The van der Waals surface area contributed by atoms with Crippen LogP contribution in [0.25, 0.3) is 0 Å². The summed E-state index contributed by atoms with van der Waals surface area (Å²) in [6, 6.07) is 9.80. The summed E-state index contributed by atoms with van der Waals surface area (Å²) in [4.78, 5) is 20.6. The van der Waals surface area contributed by atoms with Crippen LogP contribution in [0.5, 0.6) is 0 Å². The number of aryl methyl sites for hydroxylation is 1. The van der Waals surface area contributed by atoms with Gasteiger partial charge in [0.15, 0.2) is 0 Å². The second-order valence-corrected chi connectivity index (χ2v) is 7.31. The number of carbonyl (C=O) groups excluding carboxylic acids is 1. The summed E-state index contributed by atoms with van der Waals surface area (Å²) < 4.78 is 38.2. The van der Waals surface area contributed by atoms with Gasteiger partial charge in [-0.1, -0.05) is 17.7 Å². The van der Waals surface area contributed by atoms with Crippen LogP contribution in [0.1, 0.15) is 24.5 Å². The SMILES string of the molecule is Cc1ccc(NC(=O)[C@H](C)N2CCCN(c3ccc(C(F)(F)F)cn3)CC2)cc1. The largest absolute Gasteiger partial charge is 0.417 e. The number of amides is 1. The number of aromatic nitrogens is 1. The Hall–Kier alpha value is -2.61. The van der Waals surface area contributed by atoms with E-state index in [4.69, 9.17) is 0 Å². The fourth-order valence-corrected chi connectivity index (χ4v) is 3.34. The zero-order chi connectivity index (χ0) is 21.0. The highest BCUT2D eigenvalue weighted by atomic mass is 19.4. The molecule has 1 amide bonds. The fraction of sp³-hybridized carbons (Fsp3) is 0.429. The van der Waals surface area contributed by atoms with Crippen LogP contribution in [0.2, 0.25) is 0 Å². The summed E-state index contributed by atoms with van der Waals surface area (Å²) in [5.74, 6) is 0.451. The van der Waals surface area contributed by atoms with Crippen molar-refractivity contribution in [2.45, 2.75) is 32.5 Å². The molecule has 156 valence electrons. The van der Waals surface area contributed by atoms with Crippen molar-refractivity contribution < 1.29 is 18.0 Å². The second-order valence-electron chi connectivity index (χ2n) is 7.31. The molecule has 1 saturated heterocycles. The van der Waals surface area contributed by atoms with Crippen molar-refractivity contribution in [1.82, 2.24) is 9.88 Å². The van der Waals surface area contributed by atoms with Crippen molar-refractivity contribution in [1.29, 1.82) is 0 Å². The number of anilines is 2. The molecule has 1 aliphatic rings. The van der Waals surface area contributed by atoms with E-state index in [1.165, 1.54) is 6.07 Å². The van der Waals surface area contributed by atoms with E-state index >= 15 is 0 Å². The lowest BCUT2D eigenvalue weighted by atomic mass is 10.2. The number of rotatable bonds is 4. The average Bonchev–Trinajstić information content (AvgIpc) is 2.95. The summed E-state index contributed by atoms with van der Waals surface area (Å²) in [5.41, 5.74) is 1.14. The summed E-state index contributed by atoms with van der Waals surface area (Å²) in [6.07, 6.45) is -2.72. The third-order valence-corrected chi connectivity index (χ3v) is 5.18. The minimum atomic E-state index is -4.39. The van der Waals surface area contributed by atoms with E-state index in [2.05, 4.69) is 15.2 Å². The maximum absolute atomic E-state index is 12.7. The normalized spacial score (nSPS) is 16.9. The summed E-state index contributed by atoms with van der Waals surface area (Å²) in [7, 11) is 0. The fourth-order valence-electron chi connectivity index (χ4n) is 3.34. The number of pyridine rings is 1. The molecule has 2 aromatic rings. The first-order chi connectivity index (χ1) is 13.7. The zero-order valence-electron chi connectivity index (χ0n) is 16.5. The van der Waals surface area contributed by atoms with Gasteiger partial charge in [-0.3, -0.25) is 9.69 Å². The van der Waals surface area contributed by atoms with Crippen molar-refractivity contribution in [3.8, 4) is 0 Å².